The largest absolute Gasteiger partial charge is 0.461 e. The van der Waals surface area contributed by atoms with Crippen LogP contribution in [0, 0.1) is 0 Å². The van der Waals surface area contributed by atoms with E-state index in [2.05, 4.69) is 17.0 Å². The van der Waals surface area contributed by atoms with Crippen molar-refractivity contribution in [3.05, 3.63) is 64.0 Å². The highest BCUT2D eigenvalue weighted by atomic mass is 35.5. The molecule has 0 aliphatic heterocycles. The first kappa shape index (κ1) is 16.1. The quantitative estimate of drug-likeness (QED) is 0.614. The Bertz CT molecular complexity index is 784. The lowest BCUT2D eigenvalue weighted by atomic mass is 10.1. The van der Waals surface area contributed by atoms with E-state index in [1.807, 2.05) is 37.4 Å². The van der Waals surface area contributed by atoms with E-state index in [-0.39, 0.29) is 6.04 Å². The minimum atomic E-state index is 0.114. The normalized spacial score (nSPS) is 12.7. The van der Waals surface area contributed by atoms with Crippen LogP contribution in [0.1, 0.15) is 24.2 Å². The molecule has 0 saturated carbocycles. The Morgan fingerprint density at radius 2 is 2.00 bits per heavy atom. The van der Waals surface area contributed by atoms with Gasteiger partial charge in [-0.2, -0.15) is 0 Å². The van der Waals surface area contributed by atoms with Crippen molar-refractivity contribution in [2.45, 2.75) is 19.5 Å². The molecule has 23 heavy (non-hydrogen) atoms. The number of halogens is 2. The summed E-state index contributed by atoms with van der Waals surface area (Å²) in [5.41, 5.74) is 1.85. The number of furan rings is 1. The number of benzene rings is 1. The molecule has 1 atom stereocenters. The van der Waals surface area contributed by atoms with Gasteiger partial charge in [0.1, 0.15) is 0 Å². The molecule has 0 aliphatic rings. The number of aromatic nitrogens is 1. The Balaban J connectivity index is 1.72. The van der Waals surface area contributed by atoms with Crippen LogP contribution in [0.25, 0.3) is 11.5 Å². The Morgan fingerprint density at radius 1 is 1.17 bits per heavy atom. The standard InChI is InChI=1S/C17H16Cl2N2O2/c1-11(14-6-5-12(18)8-15(14)19)21(2)10-13-9-17(23-20-13)16-4-3-7-22-16/h3-9,11H,10H2,1-2H3/t11-/m1/s1. The van der Waals surface area contributed by atoms with Crippen molar-refractivity contribution in [2.75, 3.05) is 7.05 Å². The topological polar surface area (TPSA) is 42.4 Å². The van der Waals surface area contributed by atoms with Gasteiger partial charge < -0.3 is 8.94 Å². The van der Waals surface area contributed by atoms with E-state index in [9.17, 15) is 0 Å². The van der Waals surface area contributed by atoms with Crippen LogP contribution in [-0.4, -0.2) is 17.1 Å². The molecule has 3 aromatic rings. The zero-order valence-corrected chi connectivity index (χ0v) is 14.3. The third-order valence-electron chi connectivity index (χ3n) is 3.81. The van der Waals surface area contributed by atoms with Gasteiger partial charge in [0.05, 0.1) is 12.0 Å². The van der Waals surface area contributed by atoms with E-state index in [0.29, 0.717) is 28.1 Å². The second-order valence-electron chi connectivity index (χ2n) is 5.42. The molecule has 4 nitrogen and oxygen atoms in total. The molecule has 0 bridgehead atoms. The first-order chi connectivity index (χ1) is 11.0. The van der Waals surface area contributed by atoms with Crippen LogP contribution in [0.2, 0.25) is 10.0 Å². The van der Waals surface area contributed by atoms with E-state index in [0.717, 1.165) is 11.3 Å². The molecule has 0 amide bonds. The molecular weight excluding hydrogens is 335 g/mol. The van der Waals surface area contributed by atoms with Crippen LogP contribution < -0.4 is 0 Å². The molecule has 0 spiro atoms. The van der Waals surface area contributed by atoms with Gasteiger partial charge in [0.25, 0.3) is 0 Å². The number of hydrogen-bond acceptors (Lipinski definition) is 4. The fourth-order valence-electron chi connectivity index (χ4n) is 2.39. The van der Waals surface area contributed by atoms with Gasteiger partial charge in [-0.3, -0.25) is 4.90 Å². The van der Waals surface area contributed by atoms with Crippen LogP contribution in [0.3, 0.4) is 0 Å². The minimum absolute atomic E-state index is 0.114. The molecule has 0 aliphatic carbocycles. The third kappa shape index (κ3) is 3.61. The second-order valence-corrected chi connectivity index (χ2v) is 6.26. The average Bonchev–Trinajstić information content (AvgIpc) is 3.17. The molecule has 2 aromatic heterocycles. The zero-order valence-electron chi connectivity index (χ0n) is 12.8. The summed E-state index contributed by atoms with van der Waals surface area (Å²) in [6.07, 6.45) is 1.61. The smallest absolute Gasteiger partial charge is 0.202 e. The maximum atomic E-state index is 6.29. The molecule has 3 rings (SSSR count). The lowest BCUT2D eigenvalue weighted by Gasteiger charge is -2.24. The molecule has 0 radical (unpaired) electrons. The summed E-state index contributed by atoms with van der Waals surface area (Å²) >= 11 is 12.2. The fraction of sp³-hybridized carbons (Fsp3) is 0.235. The number of nitrogens with zero attached hydrogens (tertiary/aromatic N) is 2. The summed E-state index contributed by atoms with van der Waals surface area (Å²) < 4.78 is 10.6. The molecule has 0 fully saturated rings. The summed E-state index contributed by atoms with van der Waals surface area (Å²) in [5, 5.41) is 5.39. The predicted octanol–water partition coefficient (Wildman–Crippen LogP) is 5.43. The fourth-order valence-corrected chi connectivity index (χ4v) is 2.96. The summed E-state index contributed by atoms with van der Waals surface area (Å²) in [6.45, 7) is 2.72. The van der Waals surface area contributed by atoms with Crippen molar-refractivity contribution in [3.8, 4) is 11.5 Å². The van der Waals surface area contributed by atoms with Crippen molar-refractivity contribution in [1.82, 2.24) is 10.1 Å². The summed E-state index contributed by atoms with van der Waals surface area (Å²) in [4.78, 5) is 2.14. The maximum absolute atomic E-state index is 6.29. The van der Waals surface area contributed by atoms with E-state index in [4.69, 9.17) is 32.1 Å². The first-order valence-corrected chi connectivity index (χ1v) is 7.95. The van der Waals surface area contributed by atoms with E-state index >= 15 is 0 Å². The van der Waals surface area contributed by atoms with Gasteiger partial charge in [0.2, 0.25) is 5.76 Å². The van der Waals surface area contributed by atoms with Crippen molar-refractivity contribution < 1.29 is 8.94 Å². The Hall–Kier alpha value is -1.75. The van der Waals surface area contributed by atoms with Gasteiger partial charge in [-0.05, 0) is 43.8 Å². The Morgan fingerprint density at radius 3 is 2.70 bits per heavy atom. The molecule has 120 valence electrons. The Kier molecular flexibility index (Phi) is 4.76. The van der Waals surface area contributed by atoms with Crippen LogP contribution in [0.5, 0.6) is 0 Å². The van der Waals surface area contributed by atoms with Gasteiger partial charge in [0, 0.05) is 28.7 Å². The molecule has 0 saturated heterocycles. The summed E-state index contributed by atoms with van der Waals surface area (Å²) in [6, 6.07) is 11.2. The average molecular weight is 351 g/mol. The van der Waals surface area contributed by atoms with Crippen LogP contribution in [-0.2, 0) is 6.54 Å². The van der Waals surface area contributed by atoms with Crippen LogP contribution in [0.4, 0.5) is 0 Å². The third-order valence-corrected chi connectivity index (χ3v) is 4.37. The summed E-state index contributed by atoms with van der Waals surface area (Å²) in [5.74, 6) is 1.29. The SMILES string of the molecule is C[C@H](c1ccc(Cl)cc1Cl)N(C)Cc1cc(-c2ccco2)on1. The van der Waals surface area contributed by atoms with Crippen molar-refractivity contribution >= 4 is 23.2 Å². The highest BCUT2D eigenvalue weighted by Crippen LogP contribution is 2.30. The highest BCUT2D eigenvalue weighted by Gasteiger charge is 2.17. The predicted molar refractivity (Wildman–Crippen MR) is 90.5 cm³/mol. The summed E-state index contributed by atoms with van der Waals surface area (Å²) in [7, 11) is 2.01. The van der Waals surface area contributed by atoms with Gasteiger partial charge >= 0.3 is 0 Å². The lowest BCUT2D eigenvalue weighted by Crippen LogP contribution is -2.22. The Labute approximate surface area is 144 Å². The van der Waals surface area contributed by atoms with Gasteiger partial charge in [-0.15, -0.1) is 0 Å². The molecule has 0 unspecified atom stereocenters. The van der Waals surface area contributed by atoms with E-state index in [1.165, 1.54) is 0 Å². The number of rotatable bonds is 5. The van der Waals surface area contributed by atoms with Crippen LogP contribution >= 0.6 is 23.2 Å². The van der Waals surface area contributed by atoms with Crippen molar-refractivity contribution in [3.63, 3.8) is 0 Å². The van der Waals surface area contributed by atoms with Gasteiger partial charge in [-0.1, -0.05) is 34.4 Å². The molecule has 0 N–H and O–H groups in total. The van der Waals surface area contributed by atoms with E-state index in [1.54, 1.807) is 12.3 Å². The molecular formula is C17H16Cl2N2O2. The highest BCUT2D eigenvalue weighted by molar-refractivity contribution is 6.35. The zero-order chi connectivity index (χ0) is 16.4. The van der Waals surface area contributed by atoms with Gasteiger partial charge in [-0.25, -0.2) is 0 Å². The van der Waals surface area contributed by atoms with Crippen molar-refractivity contribution in [1.29, 1.82) is 0 Å². The first-order valence-electron chi connectivity index (χ1n) is 7.19. The molecule has 1 aromatic carbocycles. The monoisotopic (exact) mass is 350 g/mol. The van der Waals surface area contributed by atoms with E-state index < -0.39 is 0 Å². The lowest BCUT2D eigenvalue weighted by molar-refractivity contribution is 0.245. The number of hydrogen-bond donors (Lipinski definition) is 0. The molecule has 2 heterocycles. The van der Waals surface area contributed by atoms with Crippen LogP contribution in [0.15, 0.2) is 51.6 Å². The maximum Gasteiger partial charge on any atom is 0.202 e. The van der Waals surface area contributed by atoms with Crippen molar-refractivity contribution in [2.24, 2.45) is 0 Å². The minimum Gasteiger partial charge on any atom is -0.461 e. The van der Waals surface area contributed by atoms with Gasteiger partial charge in [0.15, 0.2) is 5.76 Å². The second kappa shape index (κ2) is 6.79. The molecule has 6 heteroatoms.